The normalized spacial score (nSPS) is 23.1. The molecular weight excluding hydrogens is 364 g/mol. The molecule has 1 aliphatic carbocycles. The number of aromatic nitrogens is 2. The van der Waals surface area contributed by atoms with Crippen LogP contribution in [-0.2, 0) is 24.1 Å². The molecule has 0 bridgehead atoms. The van der Waals surface area contributed by atoms with Crippen LogP contribution >= 0.6 is 23.1 Å². The van der Waals surface area contributed by atoms with Crippen LogP contribution in [0.3, 0.4) is 0 Å². The molecule has 2 atom stereocenters. The Morgan fingerprint density at radius 3 is 2.96 bits per heavy atom. The highest BCUT2D eigenvalue weighted by Crippen LogP contribution is 2.37. The fourth-order valence-corrected chi connectivity index (χ4v) is 6.50. The second-order valence-electron chi connectivity index (χ2n) is 8.28. The zero-order valence-electron chi connectivity index (χ0n) is 15.9. The molecule has 4 nitrogen and oxygen atoms in total. The molecule has 2 aliphatic rings. The minimum Gasteiger partial charge on any atom is -0.381 e. The van der Waals surface area contributed by atoms with Crippen LogP contribution in [0.15, 0.2) is 9.95 Å². The average molecular weight is 393 g/mol. The summed E-state index contributed by atoms with van der Waals surface area (Å²) >= 11 is 3.50. The van der Waals surface area contributed by atoms with Crippen molar-refractivity contribution in [2.75, 3.05) is 19.0 Å². The molecule has 0 aromatic carbocycles. The molecule has 0 saturated carbocycles. The summed E-state index contributed by atoms with van der Waals surface area (Å²) in [7, 11) is 0. The summed E-state index contributed by atoms with van der Waals surface area (Å²) < 4.78 is 7.44. The topological polar surface area (TPSA) is 44.1 Å². The third-order valence-corrected chi connectivity index (χ3v) is 7.76. The third kappa shape index (κ3) is 3.60. The van der Waals surface area contributed by atoms with Gasteiger partial charge in [0, 0.05) is 23.8 Å². The first kappa shape index (κ1) is 18.5. The van der Waals surface area contributed by atoms with Crippen LogP contribution in [0.1, 0.15) is 44.1 Å². The van der Waals surface area contributed by atoms with E-state index in [0.717, 1.165) is 60.1 Å². The molecule has 1 aliphatic heterocycles. The number of aryl methyl sites for hydroxylation is 1. The van der Waals surface area contributed by atoms with E-state index in [2.05, 4.69) is 20.8 Å². The van der Waals surface area contributed by atoms with E-state index in [4.69, 9.17) is 9.72 Å². The van der Waals surface area contributed by atoms with Crippen molar-refractivity contribution >= 4 is 33.3 Å². The van der Waals surface area contributed by atoms with Gasteiger partial charge in [-0.3, -0.25) is 9.36 Å². The number of hydrogen-bond donors (Lipinski definition) is 0. The Balaban J connectivity index is 1.75. The molecule has 0 radical (unpaired) electrons. The van der Waals surface area contributed by atoms with Crippen molar-refractivity contribution in [2.24, 2.45) is 17.8 Å². The number of hydrogen-bond acceptors (Lipinski definition) is 5. The number of nitrogens with zero attached hydrogens (tertiary/aromatic N) is 2. The van der Waals surface area contributed by atoms with Gasteiger partial charge < -0.3 is 4.74 Å². The summed E-state index contributed by atoms with van der Waals surface area (Å²) in [5, 5.41) is 1.81. The standard InChI is InChI=1S/C20H28N2O2S2/c1-12(2)9-22-19(23)17-15-5-4-13(3)8-16(15)26-18(17)21-20(22)25-11-14-6-7-24-10-14/h12-14H,4-11H2,1-3H3. The lowest BCUT2D eigenvalue weighted by Gasteiger charge is -2.18. The van der Waals surface area contributed by atoms with Crippen molar-refractivity contribution in [2.45, 2.75) is 58.2 Å². The summed E-state index contributed by atoms with van der Waals surface area (Å²) in [5.41, 5.74) is 1.47. The Hall–Kier alpha value is -0.850. The molecule has 26 heavy (non-hydrogen) atoms. The summed E-state index contributed by atoms with van der Waals surface area (Å²) in [6.07, 6.45) is 4.43. The zero-order chi connectivity index (χ0) is 18.3. The van der Waals surface area contributed by atoms with Gasteiger partial charge in [0.25, 0.3) is 5.56 Å². The molecule has 2 unspecified atom stereocenters. The van der Waals surface area contributed by atoms with E-state index in [9.17, 15) is 4.79 Å². The molecule has 6 heteroatoms. The van der Waals surface area contributed by atoms with Crippen LogP contribution in [0.2, 0.25) is 0 Å². The van der Waals surface area contributed by atoms with E-state index in [-0.39, 0.29) is 5.56 Å². The van der Waals surface area contributed by atoms with Crippen molar-refractivity contribution in [3.8, 4) is 0 Å². The van der Waals surface area contributed by atoms with Crippen LogP contribution in [0.25, 0.3) is 10.2 Å². The molecule has 2 aromatic heterocycles. The van der Waals surface area contributed by atoms with Crippen LogP contribution in [-0.4, -0.2) is 28.5 Å². The van der Waals surface area contributed by atoms with Gasteiger partial charge in [-0.05, 0) is 49.0 Å². The highest BCUT2D eigenvalue weighted by atomic mass is 32.2. The lowest BCUT2D eigenvalue weighted by molar-refractivity contribution is 0.189. The van der Waals surface area contributed by atoms with Crippen LogP contribution in [0.4, 0.5) is 0 Å². The van der Waals surface area contributed by atoms with E-state index < -0.39 is 0 Å². The Bertz CT molecular complexity index is 850. The highest BCUT2D eigenvalue weighted by Gasteiger charge is 2.25. The maximum atomic E-state index is 13.4. The van der Waals surface area contributed by atoms with Gasteiger partial charge in [-0.2, -0.15) is 0 Å². The largest absolute Gasteiger partial charge is 0.381 e. The summed E-state index contributed by atoms with van der Waals surface area (Å²) in [6, 6.07) is 0. The quantitative estimate of drug-likeness (QED) is 0.560. The van der Waals surface area contributed by atoms with Gasteiger partial charge in [0.05, 0.1) is 12.0 Å². The SMILES string of the molecule is CC(C)Cn1c(SCC2CCOC2)nc2sc3c(c2c1=O)CCC(C)C3. The monoisotopic (exact) mass is 392 g/mol. The molecule has 1 saturated heterocycles. The fourth-order valence-electron chi connectivity index (χ4n) is 3.95. The Morgan fingerprint density at radius 1 is 1.38 bits per heavy atom. The molecule has 0 N–H and O–H groups in total. The van der Waals surface area contributed by atoms with Crippen LogP contribution in [0.5, 0.6) is 0 Å². The van der Waals surface area contributed by atoms with E-state index >= 15 is 0 Å². The summed E-state index contributed by atoms with van der Waals surface area (Å²) in [6.45, 7) is 9.09. The van der Waals surface area contributed by atoms with E-state index in [0.29, 0.717) is 17.8 Å². The number of ether oxygens (including phenoxy) is 1. The smallest absolute Gasteiger partial charge is 0.263 e. The first-order valence-corrected chi connectivity index (χ1v) is 11.6. The molecule has 142 valence electrons. The molecule has 1 fully saturated rings. The maximum absolute atomic E-state index is 13.4. The third-order valence-electron chi connectivity index (χ3n) is 5.40. The van der Waals surface area contributed by atoms with Gasteiger partial charge in [0.1, 0.15) is 4.83 Å². The van der Waals surface area contributed by atoms with Crippen molar-refractivity contribution in [3.05, 3.63) is 20.8 Å². The van der Waals surface area contributed by atoms with Gasteiger partial charge >= 0.3 is 0 Å². The predicted octanol–water partition coefficient (Wildman–Crippen LogP) is 4.37. The first-order chi connectivity index (χ1) is 12.5. The molecule has 3 heterocycles. The van der Waals surface area contributed by atoms with E-state index in [1.54, 1.807) is 23.1 Å². The highest BCUT2D eigenvalue weighted by molar-refractivity contribution is 7.99. The van der Waals surface area contributed by atoms with Crippen molar-refractivity contribution in [3.63, 3.8) is 0 Å². The lowest BCUT2D eigenvalue weighted by atomic mass is 9.89. The number of thiophene rings is 1. The fraction of sp³-hybridized carbons (Fsp3) is 0.700. The summed E-state index contributed by atoms with van der Waals surface area (Å²) in [5.74, 6) is 2.70. The molecular formula is C20H28N2O2S2. The van der Waals surface area contributed by atoms with Gasteiger partial charge in [0.15, 0.2) is 5.16 Å². The minimum atomic E-state index is 0.181. The van der Waals surface area contributed by atoms with Gasteiger partial charge in [0.2, 0.25) is 0 Å². The second kappa shape index (κ2) is 7.64. The van der Waals surface area contributed by atoms with Gasteiger partial charge in [-0.15, -0.1) is 11.3 Å². The second-order valence-corrected chi connectivity index (χ2v) is 10.3. The Morgan fingerprint density at radius 2 is 2.23 bits per heavy atom. The number of rotatable bonds is 5. The van der Waals surface area contributed by atoms with Gasteiger partial charge in [-0.25, -0.2) is 4.98 Å². The maximum Gasteiger partial charge on any atom is 0.263 e. The minimum absolute atomic E-state index is 0.181. The first-order valence-electron chi connectivity index (χ1n) is 9.78. The zero-order valence-corrected chi connectivity index (χ0v) is 17.5. The lowest BCUT2D eigenvalue weighted by Crippen LogP contribution is -2.26. The van der Waals surface area contributed by atoms with Crippen LogP contribution in [0, 0.1) is 17.8 Å². The number of thioether (sulfide) groups is 1. The average Bonchev–Trinajstić information content (AvgIpc) is 3.22. The van der Waals surface area contributed by atoms with E-state index in [1.807, 2.05) is 4.57 Å². The van der Waals surface area contributed by atoms with Crippen molar-refractivity contribution in [1.82, 2.24) is 9.55 Å². The predicted molar refractivity (Wildman–Crippen MR) is 110 cm³/mol. The van der Waals surface area contributed by atoms with Crippen LogP contribution < -0.4 is 5.56 Å². The number of fused-ring (bicyclic) bond motifs is 3. The Labute approximate surface area is 163 Å². The van der Waals surface area contributed by atoms with Gasteiger partial charge in [-0.1, -0.05) is 32.5 Å². The Kier molecular flexibility index (Phi) is 5.44. The van der Waals surface area contributed by atoms with Crippen molar-refractivity contribution in [1.29, 1.82) is 0 Å². The molecule has 0 amide bonds. The molecule has 2 aromatic rings. The van der Waals surface area contributed by atoms with E-state index in [1.165, 1.54) is 16.9 Å². The van der Waals surface area contributed by atoms with Crippen molar-refractivity contribution < 1.29 is 4.74 Å². The molecule has 4 rings (SSSR count). The molecule has 0 spiro atoms. The summed E-state index contributed by atoms with van der Waals surface area (Å²) in [4.78, 5) is 20.7.